The van der Waals surface area contributed by atoms with Crippen molar-refractivity contribution >= 4 is 64.3 Å². The first-order valence-electron chi connectivity index (χ1n) is 19.7. The summed E-state index contributed by atoms with van der Waals surface area (Å²) >= 11 is 0. The Balaban J connectivity index is 1.10. The van der Waals surface area contributed by atoms with Crippen LogP contribution in [-0.2, 0) is 16.0 Å². The summed E-state index contributed by atoms with van der Waals surface area (Å²) in [5, 5.41) is 61.1. The third kappa shape index (κ3) is 10.7. The average molecular weight is 899 g/mol. The van der Waals surface area contributed by atoms with Gasteiger partial charge in [0.1, 0.15) is 17.4 Å². The molecule has 66 heavy (non-hydrogen) atoms. The topological polar surface area (TPSA) is 295 Å². The second-order valence-corrected chi connectivity index (χ2v) is 14.4. The van der Waals surface area contributed by atoms with E-state index in [9.17, 15) is 49.2 Å². The van der Waals surface area contributed by atoms with Gasteiger partial charge < -0.3 is 56.1 Å². The van der Waals surface area contributed by atoms with Gasteiger partial charge in [-0.2, -0.15) is 0 Å². The molecule has 1 atom stereocenters. The van der Waals surface area contributed by atoms with Crippen LogP contribution in [0.4, 0.5) is 22.7 Å². The van der Waals surface area contributed by atoms with Crippen LogP contribution in [0, 0.1) is 0 Å². The maximum Gasteiger partial charge on any atom is 0.339 e. The highest BCUT2D eigenvalue weighted by Gasteiger charge is 2.27. The third-order valence-electron chi connectivity index (χ3n) is 9.98. The van der Waals surface area contributed by atoms with Crippen molar-refractivity contribution in [3.8, 4) is 28.7 Å². The monoisotopic (exact) mass is 898 g/mol. The smallest absolute Gasteiger partial charge is 0.339 e. The van der Waals surface area contributed by atoms with Crippen LogP contribution in [0.1, 0.15) is 59.6 Å². The average Bonchev–Trinajstić information content (AvgIpc) is 3.82. The van der Waals surface area contributed by atoms with E-state index in [2.05, 4.69) is 36.7 Å². The summed E-state index contributed by atoms with van der Waals surface area (Å²) in [6.45, 7) is 1.64. The fourth-order valence-electron chi connectivity index (χ4n) is 6.48. The normalized spacial score (nSPS) is 11.4. The van der Waals surface area contributed by atoms with Gasteiger partial charge in [0.2, 0.25) is 5.91 Å². The lowest BCUT2D eigenvalue weighted by atomic mass is 10.1. The first-order valence-corrected chi connectivity index (χ1v) is 19.7. The molecule has 20 nitrogen and oxygen atoms in total. The van der Waals surface area contributed by atoms with Crippen molar-refractivity contribution in [3.63, 3.8) is 0 Å². The molecular formula is C46H42N8O12. The Labute approximate surface area is 375 Å². The quantitative estimate of drug-likeness (QED) is 0.0566. The van der Waals surface area contributed by atoms with Crippen LogP contribution in [0.5, 0.6) is 28.7 Å². The molecular weight excluding hydrogens is 857 g/mol. The van der Waals surface area contributed by atoms with Crippen LogP contribution in [0.3, 0.4) is 0 Å². The number of carbonyl (C=O) groups excluding carboxylic acids is 5. The number of ether oxygens (including phenoxy) is 2. The van der Waals surface area contributed by atoms with Gasteiger partial charge in [-0.15, -0.1) is 5.10 Å². The molecule has 1 aromatic heterocycles. The molecule has 1 heterocycles. The zero-order valence-corrected chi connectivity index (χ0v) is 35.6. The molecule has 0 aliphatic carbocycles. The summed E-state index contributed by atoms with van der Waals surface area (Å²) in [5.41, 5.74) is 1.81. The molecule has 0 bridgehead atoms. The molecule has 5 amide bonds. The van der Waals surface area contributed by atoms with Crippen molar-refractivity contribution in [1.82, 2.24) is 20.7 Å². The number of aromatic nitrogens is 3. The van der Waals surface area contributed by atoms with Crippen LogP contribution in [-0.4, -0.2) is 98.7 Å². The Kier molecular flexibility index (Phi) is 14.3. The SMILES string of the molecule is COc1c(NC(=O)c2ccc(N(C)C(=O)c3ccc(NC(=O)[C@H](Cc4c[nH]nn4)NC(=O)c4ccc(NC(=O)/C(C)=C/c5ccc(O)cc5)cc4)cc3)c(OC)c2O)ccc(C(=O)O)c1O. The fourth-order valence-corrected chi connectivity index (χ4v) is 6.48. The summed E-state index contributed by atoms with van der Waals surface area (Å²) in [5.74, 6) is -6.24. The number of aromatic carboxylic acids is 1. The summed E-state index contributed by atoms with van der Waals surface area (Å²) in [4.78, 5) is 79.3. The van der Waals surface area contributed by atoms with Gasteiger partial charge in [-0.1, -0.05) is 17.3 Å². The molecule has 0 spiro atoms. The number of nitrogens with zero attached hydrogens (tertiary/aromatic N) is 3. The second kappa shape index (κ2) is 20.3. The van der Waals surface area contributed by atoms with Gasteiger partial charge in [-0.3, -0.25) is 29.1 Å². The Bertz CT molecular complexity index is 2830. The molecule has 5 aromatic carbocycles. The number of aromatic amines is 1. The third-order valence-corrected chi connectivity index (χ3v) is 9.98. The van der Waals surface area contributed by atoms with E-state index in [4.69, 9.17) is 9.47 Å². The molecule has 6 rings (SSSR count). The van der Waals surface area contributed by atoms with E-state index >= 15 is 0 Å². The van der Waals surface area contributed by atoms with Gasteiger partial charge in [0.05, 0.1) is 36.9 Å². The number of carboxylic acids is 1. The Morgan fingerprint density at radius 1 is 0.727 bits per heavy atom. The Morgan fingerprint density at radius 2 is 1.33 bits per heavy atom. The molecule has 0 fully saturated rings. The predicted octanol–water partition coefficient (Wildman–Crippen LogP) is 5.19. The lowest BCUT2D eigenvalue weighted by molar-refractivity contribution is -0.118. The van der Waals surface area contributed by atoms with Gasteiger partial charge in [-0.25, -0.2) is 4.79 Å². The summed E-state index contributed by atoms with van der Waals surface area (Å²) in [6, 6.07) is 22.0. The van der Waals surface area contributed by atoms with E-state index in [0.29, 0.717) is 17.0 Å². The highest BCUT2D eigenvalue weighted by Crippen LogP contribution is 2.41. The van der Waals surface area contributed by atoms with Crippen LogP contribution in [0.15, 0.2) is 109 Å². The van der Waals surface area contributed by atoms with Crippen molar-refractivity contribution in [2.45, 2.75) is 19.4 Å². The van der Waals surface area contributed by atoms with Gasteiger partial charge in [0.25, 0.3) is 23.6 Å². The van der Waals surface area contributed by atoms with Crippen LogP contribution in [0.2, 0.25) is 0 Å². The Morgan fingerprint density at radius 3 is 1.94 bits per heavy atom. The number of phenols is 3. The number of carbonyl (C=O) groups is 6. The molecule has 338 valence electrons. The molecule has 0 saturated carbocycles. The molecule has 0 aliphatic rings. The number of carboxylic acid groups (broad SMARTS) is 1. The summed E-state index contributed by atoms with van der Waals surface area (Å²) < 4.78 is 10.5. The molecule has 0 radical (unpaired) electrons. The number of amides is 5. The minimum Gasteiger partial charge on any atom is -0.508 e. The number of aromatic hydroxyl groups is 3. The highest BCUT2D eigenvalue weighted by atomic mass is 16.5. The number of hydrogen-bond acceptors (Lipinski definition) is 13. The number of phenolic OH excluding ortho intramolecular Hbond substituents is 2. The summed E-state index contributed by atoms with van der Waals surface area (Å²) in [6.07, 6.45) is 3.10. The minimum atomic E-state index is -1.42. The number of methoxy groups -OCH3 is 2. The Hall–Kier alpha value is -9.20. The summed E-state index contributed by atoms with van der Waals surface area (Å²) in [7, 11) is 3.80. The second-order valence-electron chi connectivity index (χ2n) is 14.4. The minimum absolute atomic E-state index is 0.0387. The standard InChI is InChI=1S/C46H42N8O12/c1-24(21-25-5-15-31(55)16-6-25)41(58)48-28-11-7-26(8-12-28)42(59)51-35(22-30-23-47-53-52-30)44(61)49-29-13-9-27(10-14-29)45(62)54(2)36-20-18-32(37(56)40(36)66-4)43(60)50-34-19-17-33(46(63)64)38(57)39(34)65-3/h5-21,23,35,55-57H,22H2,1-4H3,(H,48,58)(H,49,61)(H,50,60)(H,51,59)(H,63,64)(H,47,52,53)/b24-21+/t35-/m0/s1. The maximum atomic E-state index is 13.7. The first kappa shape index (κ1) is 46.3. The zero-order chi connectivity index (χ0) is 47.7. The lowest BCUT2D eigenvalue weighted by Gasteiger charge is -2.22. The van der Waals surface area contributed by atoms with Crippen LogP contribution >= 0.6 is 0 Å². The number of anilines is 4. The van der Waals surface area contributed by atoms with Crippen LogP contribution < -0.4 is 35.6 Å². The van der Waals surface area contributed by atoms with Crippen LogP contribution in [0.25, 0.3) is 6.08 Å². The van der Waals surface area contributed by atoms with E-state index in [-0.39, 0.29) is 63.3 Å². The van der Waals surface area contributed by atoms with Gasteiger partial charge in [0.15, 0.2) is 23.0 Å². The van der Waals surface area contributed by atoms with Crippen molar-refractivity contribution in [2.24, 2.45) is 0 Å². The molecule has 0 saturated heterocycles. The zero-order valence-electron chi connectivity index (χ0n) is 35.6. The van der Waals surface area contributed by atoms with E-state index < -0.39 is 52.7 Å². The van der Waals surface area contributed by atoms with E-state index in [0.717, 1.165) is 11.6 Å². The molecule has 6 aromatic rings. The van der Waals surface area contributed by atoms with Crippen molar-refractivity contribution in [2.75, 3.05) is 42.1 Å². The molecule has 9 N–H and O–H groups in total. The van der Waals surface area contributed by atoms with Crippen molar-refractivity contribution in [1.29, 1.82) is 0 Å². The first-order chi connectivity index (χ1) is 31.6. The number of H-pyrrole nitrogens is 1. The van der Waals surface area contributed by atoms with E-state index in [1.54, 1.807) is 37.3 Å². The highest BCUT2D eigenvalue weighted by molar-refractivity contribution is 6.11. The fraction of sp³-hybridized carbons (Fsp3) is 0.130. The van der Waals surface area contributed by atoms with Gasteiger partial charge in [0, 0.05) is 47.7 Å². The van der Waals surface area contributed by atoms with E-state index in [1.165, 1.54) is 99.1 Å². The maximum absolute atomic E-state index is 13.7. The number of benzene rings is 5. The predicted molar refractivity (Wildman–Crippen MR) is 240 cm³/mol. The number of rotatable bonds is 16. The molecule has 0 aliphatic heterocycles. The van der Waals surface area contributed by atoms with Gasteiger partial charge in [-0.05, 0) is 103 Å². The van der Waals surface area contributed by atoms with Crippen molar-refractivity contribution < 1.29 is 58.7 Å². The van der Waals surface area contributed by atoms with Gasteiger partial charge >= 0.3 is 5.97 Å². The van der Waals surface area contributed by atoms with Crippen molar-refractivity contribution in [3.05, 3.63) is 142 Å². The number of nitrogens with one attached hydrogen (secondary N) is 5. The largest absolute Gasteiger partial charge is 0.508 e. The molecule has 0 unspecified atom stereocenters. The number of hydrogen-bond donors (Lipinski definition) is 9. The van der Waals surface area contributed by atoms with E-state index in [1.807, 2.05) is 0 Å². The lowest BCUT2D eigenvalue weighted by Crippen LogP contribution is -2.45. The molecule has 20 heteroatoms.